The van der Waals surface area contributed by atoms with E-state index in [-0.39, 0.29) is 17.1 Å². The standard InChI is InChI=1S/C13H18N2O2S/c1-3-12(16)14-15-13(17)10(2)18-9-11-7-5-4-6-8-11/h4-8,10H,3,9H2,1-2H3,(H,14,16)(H,15,17). The zero-order chi connectivity index (χ0) is 13.4. The summed E-state index contributed by atoms with van der Waals surface area (Å²) in [4.78, 5) is 22.6. The lowest BCUT2D eigenvalue weighted by atomic mass is 10.2. The molecule has 0 radical (unpaired) electrons. The molecule has 0 aliphatic heterocycles. The highest BCUT2D eigenvalue weighted by Gasteiger charge is 2.13. The van der Waals surface area contributed by atoms with Gasteiger partial charge in [0.05, 0.1) is 5.25 Å². The van der Waals surface area contributed by atoms with E-state index in [2.05, 4.69) is 10.9 Å². The molecule has 2 N–H and O–H groups in total. The highest BCUT2D eigenvalue weighted by atomic mass is 32.2. The van der Waals surface area contributed by atoms with Gasteiger partial charge < -0.3 is 0 Å². The summed E-state index contributed by atoms with van der Waals surface area (Å²) in [5.74, 6) is 0.401. The predicted octanol–water partition coefficient (Wildman–Crippen LogP) is 1.87. The van der Waals surface area contributed by atoms with Crippen molar-refractivity contribution in [2.45, 2.75) is 31.3 Å². The number of benzene rings is 1. The monoisotopic (exact) mass is 266 g/mol. The number of hydrogen-bond donors (Lipinski definition) is 2. The molecule has 0 saturated heterocycles. The van der Waals surface area contributed by atoms with E-state index in [0.717, 1.165) is 5.75 Å². The van der Waals surface area contributed by atoms with Crippen LogP contribution >= 0.6 is 11.8 Å². The number of amides is 2. The minimum absolute atomic E-state index is 0.183. The van der Waals surface area contributed by atoms with Gasteiger partial charge in [-0.15, -0.1) is 11.8 Å². The van der Waals surface area contributed by atoms with Gasteiger partial charge in [-0.2, -0.15) is 0 Å². The maximum Gasteiger partial charge on any atom is 0.251 e. The normalized spacial score (nSPS) is 11.7. The molecule has 0 aliphatic carbocycles. The van der Waals surface area contributed by atoms with Gasteiger partial charge in [0.1, 0.15) is 0 Å². The van der Waals surface area contributed by atoms with Crippen molar-refractivity contribution in [2.75, 3.05) is 0 Å². The van der Waals surface area contributed by atoms with Crippen LogP contribution in [-0.2, 0) is 15.3 Å². The fourth-order valence-corrected chi connectivity index (χ4v) is 2.04. The first kappa shape index (κ1) is 14.6. The van der Waals surface area contributed by atoms with E-state index >= 15 is 0 Å². The minimum Gasteiger partial charge on any atom is -0.273 e. The Balaban J connectivity index is 2.30. The quantitative estimate of drug-likeness (QED) is 0.800. The molecule has 4 nitrogen and oxygen atoms in total. The largest absolute Gasteiger partial charge is 0.273 e. The molecule has 0 heterocycles. The second-order valence-electron chi connectivity index (χ2n) is 3.83. The number of thioether (sulfide) groups is 1. The van der Waals surface area contributed by atoms with E-state index in [1.807, 2.05) is 37.3 Å². The second-order valence-corrected chi connectivity index (χ2v) is 5.16. The summed E-state index contributed by atoms with van der Waals surface area (Å²) in [5, 5.41) is -0.206. The molecule has 1 aromatic carbocycles. The van der Waals surface area contributed by atoms with Crippen LogP contribution in [0, 0.1) is 0 Å². The van der Waals surface area contributed by atoms with Crippen LogP contribution in [0.15, 0.2) is 30.3 Å². The fraction of sp³-hybridized carbons (Fsp3) is 0.385. The number of hydrazine groups is 1. The lowest BCUT2D eigenvalue weighted by Crippen LogP contribution is -2.44. The lowest BCUT2D eigenvalue weighted by molar-refractivity contribution is -0.128. The van der Waals surface area contributed by atoms with E-state index in [4.69, 9.17) is 0 Å². The van der Waals surface area contributed by atoms with Crippen molar-refractivity contribution in [3.05, 3.63) is 35.9 Å². The zero-order valence-corrected chi connectivity index (χ0v) is 11.4. The molecule has 1 aromatic rings. The van der Waals surface area contributed by atoms with Crippen LogP contribution in [0.25, 0.3) is 0 Å². The molecule has 0 spiro atoms. The summed E-state index contributed by atoms with van der Waals surface area (Å²) < 4.78 is 0. The van der Waals surface area contributed by atoms with Crippen LogP contribution in [0.4, 0.5) is 0 Å². The smallest absolute Gasteiger partial charge is 0.251 e. The third-order valence-corrected chi connectivity index (χ3v) is 3.57. The predicted molar refractivity (Wildman–Crippen MR) is 73.8 cm³/mol. The topological polar surface area (TPSA) is 58.2 Å². The Hall–Kier alpha value is -1.49. The van der Waals surface area contributed by atoms with Gasteiger partial charge in [-0.3, -0.25) is 20.4 Å². The van der Waals surface area contributed by atoms with Gasteiger partial charge in [0.15, 0.2) is 0 Å². The molecule has 5 heteroatoms. The molecule has 1 atom stereocenters. The second kappa shape index (κ2) is 7.76. The van der Waals surface area contributed by atoms with Crippen molar-refractivity contribution in [2.24, 2.45) is 0 Å². The first-order chi connectivity index (χ1) is 8.63. The average molecular weight is 266 g/mol. The van der Waals surface area contributed by atoms with Crippen molar-refractivity contribution in [3.63, 3.8) is 0 Å². The Kier molecular flexibility index (Phi) is 6.28. The van der Waals surface area contributed by atoms with E-state index in [9.17, 15) is 9.59 Å². The zero-order valence-electron chi connectivity index (χ0n) is 10.6. The molecule has 2 amide bonds. The van der Waals surface area contributed by atoms with E-state index in [1.54, 1.807) is 6.92 Å². The molecule has 0 bridgehead atoms. The van der Waals surface area contributed by atoms with E-state index in [0.29, 0.717) is 6.42 Å². The molecule has 0 aromatic heterocycles. The van der Waals surface area contributed by atoms with Crippen LogP contribution < -0.4 is 10.9 Å². The highest BCUT2D eigenvalue weighted by Crippen LogP contribution is 2.17. The van der Waals surface area contributed by atoms with Crippen molar-refractivity contribution in [1.82, 2.24) is 10.9 Å². The van der Waals surface area contributed by atoms with Crippen LogP contribution in [0.1, 0.15) is 25.8 Å². The van der Waals surface area contributed by atoms with Crippen LogP contribution in [0.3, 0.4) is 0 Å². The van der Waals surface area contributed by atoms with Crippen molar-refractivity contribution in [1.29, 1.82) is 0 Å². The van der Waals surface area contributed by atoms with Crippen molar-refractivity contribution >= 4 is 23.6 Å². The average Bonchev–Trinajstić information content (AvgIpc) is 2.42. The van der Waals surface area contributed by atoms with Crippen LogP contribution in [0.2, 0.25) is 0 Å². The number of rotatable bonds is 5. The number of carbonyl (C=O) groups excluding carboxylic acids is 2. The number of carbonyl (C=O) groups is 2. The maximum atomic E-state index is 11.6. The summed E-state index contributed by atoms with van der Waals surface area (Å²) in [6.07, 6.45) is 0.353. The Morgan fingerprint density at radius 2 is 1.89 bits per heavy atom. The molecular weight excluding hydrogens is 248 g/mol. The first-order valence-corrected chi connectivity index (χ1v) is 6.92. The van der Waals surface area contributed by atoms with Gasteiger partial charge in [0.2, 0.25) is 5.91 Å². The third-order valence-electron chi connectivity index (χ3n) is 2.36. The summed E-state index contributed by atoms with van der Waals surface area (Å²) in [6, 6.07) is 9.96. The SMILES string of the molecule is CCC(=O)NNC(=O)C(C)SCc1ccccc1. The van der Waals surface area contributed by atoms with E-state index in [1.165, 1.54) is 17.3 Å². The van der Waals surface area contributed by atoms with E-state index < -0.39 is 0 Å². The summed E-state index contributed by atoms with van der Waals surface area (Å²) in [6.45, 7) is 3.55. The maximum absolute atomic E-state index is 11.6. The van der Waals surface area contributed by atoms with Gasteiger partial charge >= 0.3 is 0 Å². The Bertz CT molecular complexity index is 395. The highest BCUT2D eigenvalue weighted by molar-refractivity contribution is 7.99. The third kappa shape index (κ3) is 5.23. The molecule has 98 valence electrons. The lowest BCUT2D eigenvalue weighted by Gasteiger charge is -2.12. The Morgan fingerprint density at radius 1 is 1.22 bits per heavy atom. The molecule has 1 unspecified atom stereocenters. The van der Waals surface area contributed by atoms with Crippen molar-refractivity contribution < 1.29 is 9.59 Å². The summed E-state index contributed by atoms with van der Waals surface area (Å²) in [5.41, 5.74) is 5.95. The number of nitrogens with one attached hydrogen (secondary N) is 2. The Labute approximate surface area is 112 Å². The van der Waals surface area contributed by atoms with Gasteiger partial charge in [-0.1, -0.05) is 37.3 Å². The fourth-order valence-electron chi connectivity index (χ4n) is 1.19. The van der Waals surface area contributed by atoms with Gasteiger partial charge in [-0.25, -0.2) is 0 Å². The molecule has 1 rings (SSSR count). The van der Waals surface area contributed by atoms with Gasteiger partial charge in [0.25, 0.3) is 5.91 Å². The molecule has 18 heavy (non-hydrogen) atoms. The molecule has 0 fully saturated rings. The van der Waals surface area contributed by atoms with Gasteiger partial charge in [0, 0.05) is 12.2 Å². The van der Waals surface area contributed by atoms with Crippen LogP contribution in [-0.4, -0.2) is 17.1 Å². The number of hydrogen-bond acceptors (Lipinski definition) is 3. The van der Waals surface area contributed by atoms with Gasteiger partial charge in [-0.05, 0) is 12.5 Å². The Morgan fingerprint density at radius 3 is 2.50 bits per heavy atom. The molecular formula is C13H18N2O2S. The molecule has 0 aliphatic rings. The minimum atomic E-state index is -0.206. The summed E-state index contributed by atoms with van der Waals surface area (Å²) >= 11 is 1.53. The first-order valence-electron chi connectivity index (χ1n) is 5.87. The van der Waals surface area contributed by atoms with Crippen LogP contribution in [0.5, 0.6) is 0 Å². The summed E-state index contributed by atoms with van der Waals surface area (Å²) in [7, 11) is 0. The molecule has 0 saturated carbocycles. The van der Waals surface area contributed by atoms with Crippen molar-refractivity contribution in [3.8, 4) is 0 Å².